The van der Waals surface area contributed by atoms with Crippen molar-refractivity contribution in [2.75, 3.05) is 26.2 Å². The zero-order valence-electron chi connectivity index (χ0n) is 11.7. The predicted molar refractivity (Wildman–Crippen MR) is 79.2 cm³/mol. The second-order valence-electron chi connectivity index (χ2n) is 4.22. The van der Waals surface area contributed by atoms with Crippen molar-refractivity contribution < 1.29 is 22.1 Å². The number of oxime groups is 1. The van der Waals surface area contributed by atoms with Gasteiger partial charge in [0.2, 0.25) is 0 Å². The van der Waals surface area contributed by atoms with Gasteiger partial charge >= 0.3 is 0 Å². The maximum Gasteiger partial charge on any atom is 0.165 e. The Labute approximate surface area is 130 Å². The molecule has 0 spiro atoms. The Balaban J connectivity index is 0.00000324. The monoisotopic (exact) mass is 348 g/mol. The van der Waals surface area contributed by atoms with Crippen LogP contribution in [0.3, 0.4) is 0 Å². The Hall–Kier alpha value is -0.580. The third-order valence-corrected chi connectivity index (χ3v) is 3.54. The molecule has 1 rings (SSSR count). The fraction of sp³-hybridized carbons (Fsp3) is 0.500. The van der Waals surface area contributed by atoms with Crippen LogP contribution < -0.4 is 17.3 Å². The molecule has 0 aliphatic rings. The van der Waals surface area contributed by atoms with Crippen molar-refractivity contribution in [2.45, 2.75) is 20.8 Å². The fourth-order valence-corrected chi connectivity index (χ4v) is 1.94. The van der Waals surface area contributed by atoms with Crippen LogP contribution >= 0.6 is 15.9 Å². The van der Waals surface area contributed by atoms with Crippen molar-refractivity contribution in [2.24, 2.45) is 5.16 Å². The van der Waals surface area contributed by atoms with Gasteiger partial charge in [0.25, 0.3) is 0 Å². The molecule has 0 radical (unpaired) electrons. The lowest BCUT2D eigenvalue weighted by Crippen LogP contribution is -3.11. The molecule has 0 aliphatic carbocycles. The summed E-state index contributed by atoms with van der Waals surface area (Å²) in [7, 11) is 0. The first-order chi connectivity index (χ1) is 8.67. The molecule has 0 fully saturated rings. The third kappa shape index (κ3) is 6.95. The van der Waals surface area contributed by atoms with Crippen LogP contribution in [-0.4, -0.2) is 32.0 Å². The van der Waals surface area contributed by atoms with E-state index >= 15 is 0 Å². The van der Waals surface area contributed by atoms with E-state index in [9.17, 15) is 0 Å². The van der Waals surface area contributed by atoms with E-state index in [4.69, 9.17) is 4.84 Å². The summed E-state index contributed by atoms with van der Waals surface area (Å²) in [4.78, 5) is 6.90. The standard InChI is InChI=1S/C14H21BrN2O.ClH/c1-4-17(5-2)10-11-18-16-12(3)13-6-8-14(15)9-7-13;/h6-9H,4-5,10-11H2,1-3H3;1H/b16-12+;. The Morgan fingerprint density at radius 1 is 1.21 bits per heavy atom. The number of likely N-dealkylation sites (N-methyl/N-ethyl adjacent to an activating group) is 1. The maximum atomic E-state index is 5.37. The molecule has 1 aromatic rings. The highest BCUT2D eigenvalue weighted by Gasteiger charge is 2.02. The molecule has 0 atom stereocenters. The van der Waals surface area contributed by atoms with Gasteiger partial charge in [0.1, 0.15) is 6.54 Å². The van der Waals surface area contributed by atoms with Gasteiger partial charge in [-0.2, -0.15) is 0 Å². The minimum atomic E-state index is 0. The Bertz CT molecular complexity index is 378. The molecule has 0 unspecified atom stereocenters. The van der Waals surface area contributed by atoms with Crippen LogP contribution in [0.15, 0.2) is 33.9 Å². The number of rotatable bonds is 7. The molecule has 0 bridgehead atoms. The Morgan fingerprint density at radius 3 is 2.32 bits per heavy atom. The van der Waals surface area contributed by atoms with Crippen molar-refractivity contribution in [3.8, 4) is 0 Å². The summed E-state index contributed by atoms with van der Waals surface area (Å²) in [5, 5.41) is 4.15. The highest BCUT2D eigenvalue weighted by atomic mass is 79.9. The maximum absolute atomic E-state index is 5.37. The molecular formula is C14H22BrClN2O. The minimum absolute atomic E-state index is 0. The first-order valence-corrected chi connectivity index (χ1v) is 7.22. The van der Waals surface area contributed by atoms with E-state index < -0.39 is 0 Å². The summed E-state index contributed by atoms with van der Waals surface area (Å²) in [6.07, 6.45) is 0. The number of benzene rings is 1. The van der Waals surface area contributed by atoms with Crippen LogP contribution in [0.4, 0.5) is 0 Å². The minimum Gasteiger partial charge on any atom is -1.00 e. The second-order valence-corrected chi connectivity index (χ2v) is 5.14. The lowest BCUT2D eigenvalue weighted by Gasteiger charge is -2.14. The first-order valence-electron chi connectivity index (χ1n) is 6.43. The van der Waals surface area contributed by atoms with E-state index in [1.54, 1.807) is 0 Å². The van der Waals surface area contributed by atoms with Gasteiger partial charge in [-0.05, 0) is 38.5 Å². The van der Waals surface area contributed by atoms with E-state index in [2.05, 4.69) is 34.9 Å². The molecule has 1 aromatic carbocycles. The van der Waals surface area contributed by atoms with E-state index in [0.29, 0.717) is 6.61 Å². The molecule has 0 aromatic heterocycles. The molecule has 5 heteroatoms. The van der Waals surface area contributed by atoms with Gasteiger partial charge < -0.3 is 22.1 Å². The summed E-state index contributed by atoms with van der Waals surface area (Å²) >= 11 is 3.42. The van der Waals surface area contributed by atoms with Crippen molar-refractivity contribution in [1.29, 1.82) is 0 Å². The first kappa shape index (κ1) is 18.4. The molecule has 0 heterocycles. The third-order valence-electron chi connectivity index (χ3n) is 3.01. The molecule has 1 N–H and O–H groups in total. The smallest absolute Gasteiger partial charge is 0.165 e. The van der Waals surface area contributed by atoms with Gasteiger partial charge in [-0.3, -0.25) is 0 Å². The van der Waals surface area contributed by atoms with E-state index in [1.807, 2.05) is 31.2 Å². The molecule has 3 nitrogen and oxygen atoms in total. The molecule has 19 heavy (non-hydrogen) atoms. The SMILES string of the molecule is CC[NH+](CC)CCO/N=C(\C)c1ccc(Br)cc1.[Cl-]. The molecule has 0 aliphatic heterocycles. The van der Waals surface area contributed by atoms with Crippen molar-refractivity contribution >= 4 is 21.6 Å². The lowest BCUT2D eigenvalue weighted by molar-refractivity contribution is -0.896. The Morgan fingerprint density at radius 2 is 1.79 bits per heavy atom. The molecular weight excluding hydrogens is 328 g/mol. The number of quaternary nitrogens is 1. The summed E-state index contributed by atoms with van der Waals surface area (Å²) < 4.78 is 1.07. The number of hydrogen-bond acceptors (Lipinski definition) is 2. The molecule has 0 saturated heterocycles. The van der Waals surface area contributed by atoms with Crippen molar-refractivity contribution in [1.82, 2.24) is 0 Å². The van der Waals surface area contributed by atoms with Crippen LogP contribution in [0, 0.1) is 0 Å². The fourth-order valence-electron chi connectivity index (χ4n) is 1.68. The number of nitrogens with zero attached hydrogens (tertiary/aromatic N) is 1. The average molecular weight is 350 g/mol. The van der Waals surface area contributed by atoms with Gasteiger partial charge in [-0.15, -0.1) is 0 Å². The van der Waals surface area contributed by atoms with E-state index in [1.165, 1.54) is 4.90 Å². The summed E-state index contributed by atoms with van der Waals surface area (Å²) in [6, 6.07) is 8.08. The number of halogens is 2. The normalized spacial score (nSPS) is 11.3. The van der Waals surface area contributed by atoms with E-state index in [0.717, 1.165) is 35.4 Å². The van der Waals surface area contributed by atoms with Crippen LogP contribution in [0.2, 0.25) is 0 Å². The second kappa shape index (κ2) is 10.2. The van der Waals surface area contributed by atoms with Gasteiger partial charge in [0, 0.05) is 4.47 Å². The molecule has 0 amide bonds. The summed E-state index contributed by atoms with van der Waals surface area (Å²) in [5.41, 5.74) is 2.01. The van der Waals surface area contributed by atoms with Crippen LogP contribution in [0.5, 0.6) is 0 Å². The Kier molecular flexibility index (Phi) is 9.92. The van der Waals surface area contributed by atoms with Crippen molar-refractivity contribution in [3.63, 3.8) is 0 Å². The van der Waals surface area contributed by atoms with Gasteiger partial charge in [-0.25, -0.2) is 0 Å². The van der Waals surface area contributed by atoms with Crippen LogP contribution in [-0.2, 0) is 4.84 Å². The predicted octanol–water partition coefficient (Wildman–Crippen LogP) is -0.882. The average Bonchev–Trinajstić information content (AvgIpc) is 2.39. The molecule has 108 valence electrons. The quantitative estimate of drug-likeness (QED) is 0.386. The zero-order chi connectivity index (χ0) is 13.4. The van der Waals surface area contributed by atoms with Crippen molar-refractivity contribution in [3.05, 3.63) is 34.3 Å². The van der Waals surface area contributed by atoms with Gasteiger partial charge in [0.15, 0.2) is 6.61 Å². The molecule has 0 saturated carbocycles. The highest BCUT2D eigenvalue weighted by Crippen LogP contribution is 2.11. The summed E-state index contributed by atoms with van der Waals surface area (Å²) in [5.74, 6) is 0. The van der Waals surface area contributed by atoms with Gasteiger partial charge in [-0.1, -0.05) is 33.2 Å². The van der Waals surface area contributed by atoms with Crippen LogP contribution in [0.25, 0.3) is 0 Å². The topological polar surface area (TPSA) is 26.0 Å². The highest BCUT2D eigenvalue weighted by molar-refractivity contribution is 9.10. The lowest BCUT2D eigenvalue weighted by atomic mass is 10.1. The number of nitrogens with one attached hydrogen (secondary N) is 1. The summed E-state index contributed by atoms with van der Waals surface area (Å²) in [6.45, 7) is 10.3. The van der Waals surface area contributed by atoms with Crippen LogP contribution in [0.1, 0.15) is 26.3 Å². The van der Waals surface area contributed by atoms with E-state index in [-0.39, 0.29) is 12.4 Å². The van der Waals surface area contributed by atoms with Gasteiger partial charge in [0.05, 0.1) is 18.8 Å². The number of hydrogen-bond donors (Lipinski definition) is 1. The zero-order valence-corrected chi connectivity index (χ0v) is 14.1. The largest absolute Gasteiger partial charge is 1.00 e.